The van der Waals surface area contributed by atoms with E-state index < -0.39 is 9.84 Å². The van der Waals surface area contributed by atoms with Gasteiger partial charge < -0.3 is 10.2 Å². The van der Waals surface area contributed by atoms with Crippen LogP contribution in [-0.4, -0.2) is 56.4 Å². The Morgan fingerprint density at radius 1 is 1.37 bits per heavy atom. The molecular weight excluding hydrogens is 264 g/mol. The number of carbonyl (C=O) groups excluding carboxylic acids is 1. The second kappa shape index (κ2) is 6.22. The number of nitrogens with one attached hydrogen (secondary N) is 1. The monoisotopic (exact) mass is 288 g/mol. The van der Waals surface area contributed by atoms with Gasteiger partial charge >= 0.3 is 0 Å². The number of hydrogen-bond acceptors (Lipinski definition) is 4. The van der Waals surface area contributed by atoms with Gasteiger partial charge in [0.05, 0.1) is 17.4 Å². The molecule has 2 rings (SSSR count). The Labute approximate surface area is 115 Å². The molecule has 2 atom stereocenters. The molecule has 19 heavy (non-hydrogen) atoms. The van der Waals surface area contributed by atoms with Crippen molar-refractivity contribution >= 4 is 15.7 Å². The van der Waals surface area contributed by atoms with E-state index in [1.54, 1.807) is 0 Å². The minimum Gasteiger partial charge on any atom is -0.341 e. The number of amides is 1. The Morgan fingerprint density at radius 3 is 2.79 bits per heavy atom. The summed E-state index contributed by atoms with van der Waals surface area (Å²) in [5.41, 5.74) is 0. The number of sulfone groups is 1. The Bertz CT molecular complexity index is 422. The van der Waals surface area contributed by atoms with Crippen LogP contribution in [0, 0.1) is 5.92 Å². The summed E-state index contributed by atoms with van der Waals surface area (Å²) in [5, 5.41) is 3.45. The van der Waals surface area contributed by atoms with Crippen LogP contribution in [-0.2, 0) is 14.6 Å². The van der Waals surface area contributed by atoms with Gasteiger partial charge in [-0.05, 0) is 32.2 Å². The van der Waals surface area contributed by atoms with Crippen LogP contribution in [0.4, 0.5) is 0 Å². The van der Waals surface area contributed by atoms with Gasteiger partial charge in [-0.15, -0.1) is 0 Å². The summed E-state index contributed by atoms with van der Waals surface area (Å²) in [6.07, 6.45) is 3.70. The maximum absolute atomic E-state index is 12.3. The van der Waals surface area contributed by atoms with Crippen LogP contribution in [0.5, 0.6) is 0 Å². The van der Waals surface area contributed by atoms with Crippen LogP contribution in [0.3, 0.4) is 0 Å². The topological polar surface area (TPSA) is 66.5 Å². The lowest BCUT2D eigenvalue weighted by Gasteiger charge is -2.34. The van der Waals surface area contributed by atoms with E-state index in [4.69, 9.17) is 0 Å². The highest BCUT2D eigenvalue weighted by molar-refractivity contribution is 7.91. The van der Waals surface area contributed by atoms with Crippen molar-refractivity contribution in [2.45, 2.75) is 38.6 Å². The van der Waals surface area contributed by atoms with Crippen molar-refractivity contribution in [3.63, 3.8) is 0 Å². The fourth-order valence-electron chi connectivity index (χ4n) is 2.94. The molecular formula is C13H24N2O3S. The Morgan fingerprint density at radius 2 is 2.16 bits per heavy atom. The maximum atomic E-state index is 12.3. The summed E-state index contributed by atoms with van der Waals surface area (Å²) in [6, 6.07) is 0.371. The highest BCUT2D eigenvalue weighted by atomic mass is 32.2. The highest BCUT2D eigenvalue weighted by Crippen LogP contribution is 2.22. The molecule has 0 aromatic heterocycles. The number of carbonyl (C=O) groups is 1. The van der Waals surface area contributed by atoms with E-state index in [1.165, 1.54) is 0 Å². The van der Waals surface area contributed by atoms with E-state index in [0.717, 1.165) is 38.9 Å². The zero-order valence-electron chi connectivity index (χ0n) is 11.6. The molecule has 1 N–H and O–H groups in total. The van der Waals surface area contributed by atoms with Crippen molar-refractivity contribution in [2.75, 3.05) is 31.1 Å². The normalized spacial score (nSPS) is 30.5. The first-order valence-electron chi connectivity index (χ1n) is 7.24. The number of hydrogen-bond donors (Lipinski definition) is 1. The number of nitrogens with zero attached hydrogens (tertiary/aromatic N) is 1. The molecule has 2 aliphatic rings. The molecule has 2 fully saturated rings. The molecule has 0 aliphatic carbocycles. The molecule has 0 radical (unpaired) electrons. The number of likely N-dealkylation sites (tertiary alicyclic amines) is 1. The van der Waals surface area contributed by atoms with Gasteiger partial charge in [-0.3, -0.25) is 4.79 Å². The van der Waals surface area contributed by atoms with E-state index in [9.17, 15) is 13.2 Å². The fourth-order valence-corrected chi connectivity index (χ4v) is 4.67. The van der Waals surface area contributed by atoms with Gasteiger partial charge in [0, 0.05) is 19.1 Å². The summed E-state index contributed by atoms with van der Waals surface area (Å²) >= 11 is 0. The molecule has 6 heteroatoms. The van der Waals surface area contributed by atoms with E-state index in [2.05, 4.69) is 12.2 Å². The molecule has 110 valence electrons. The highest BCUT2D eigenvalue weighted by Gasteiger charge is 2.36. The molecule has 2 saturated heterocycles. The average molecular weight is 288 g/mol. The second-order valence-electron chi connectivity index (χ2n) is 5.68. The molecule has 0 bridgehead atoms. The third kappa shape index (κ3) is 3.92. The third-order valence-corrected chi connectivity index (χ3v) is 5.77. The largest absolute Gasteiger partial charge is 0.341 e. The van der Waals surface area contributed by atoms with Crippen molar-refractivity contribution in [2.24, 2.45) is 5.92 Å². The van der Waals surface area contributed by atoms with Gasteiger partial charge in [0.1, 0.15) is 0 Å². The summed E-state index contributed by atoms with van der Waals surface area (Å²) < 4.78 is 22.9. The van der Waals surface area contributed by atoms with Crippen LogP contribution in [0.1, 0.15) is 32.6 Å². The molecule has 1 amide bonds. The minimum atomic E-state index is -2.97. The number of rotatable bonds is 4. The molecule has 5 nitrogen and oxygen atoms in total. The van der Waals surface area contributed by atoms with Crippen molar-refractivity contribution in [3.05, 3.63) is 0 Å². The van der Waals surface area contributed by atoms with Crippen molar-refractivity contribution < 1.29 is 13.2 Å². The van der Waals surface area contributed by atoms with Crippen LogP contribution < -0.4 is 5.32 Å². The average Bonchev–Trinajstić information content (AvgIpc) is 2.76. The summed E-state index contributed by atoms with van der Waals surface area (Å²) in [4.78, 5) is 14.2. The quantitative estimate of drug-likeness (QED) is 0.814. The predicted molar refractivity (Wildman–Crippen MR) is 74.7 cm³/mol. The molecule has 0 aromatic carbocycles. The lowest BCUT2D eigenvalue weighted by molar-refractivity contribution is -0.136. The summed E-state index contributed by atoms with van der Waals surface area (Å²) in [6.45, 7) is 4.61. The lowest BCUT2D eigenvalue weighted by Crippen LogP contribution is -2.49. The van der Waals surface area contributed by atoms with Crippen LogP contribution in [0.25, 0.3) is 0 Å². The van der Waals surface area contributed by atoms with Crippen LogP contribution in [0.2, 0.25) is 0 Å². The summed E-state index contributed by atoms with van der Waals surface area (Å²) in [5.74, 6) is -0.0246. The Balaban J connectivity index is 1.88. The van der Waals surface area contributed by atoms with E-state index >= 15 is 0 Å². The van der Waals surface area contributed by atoms with E-state index in [0.29, 0.717) is 12.5 Å². The SMILES string of the molecule is CCCNC1CCCN(C(=O)C2CCS(=O)(=O)C2)C1. The van der Waals surface area contributed by atoms with Crippen molar-refractivity contribution in [1.29, 1.82) is 0 Å². The molecule has 2 heterocycles. The maximum Gasteiger partial charge on any atom is 0.226 e. The predicted octanol–water partition coefficient (Wildman–Crippen LogP) is 0.412. The van der Waals surface area contributed by atoms with Gasteiger partial charge in [-0.25, -0.2) is 8.42 Å². The standard InChI is InChI=1S/C13H24N2O3S/c1-2-6-14-12-4-3-7-15(9-12)13(16)11-5-8-19(17,18)10-11/h11-12,14H,2-10H2,1H3. The molecule has 2 aliphatic heterocycles. The van der Waals surface area contributed by atoms with Gasteiger partial charge in [-0.1, -0.05) is 6.92 Å². The molecule has 0 aromatic rings. The zero-order valence-corrected chi connectivity index (χ0v) is 12.4. The van der Waals surface area contributed by atoms with Gasteiger partial charge in [0.25, 0.3) is 0 Å². The molecule has 2 unspecified atom stereocenters. The first-order valence-corrected chi connectivity index (χ1v) is 9.06. The van der Waals surface area contributed by atoms with Crippen molar-refractivity contribution in [3.8, 4) is 0 Å². The lowest BCUT2D eigenvalue weighted by atomic mass is 10.0. The number of piperidine rings is 1. The Hall–Kier alpha value is -0.620. The fraction of sp³-hybridized carbons (Fsp3) is 0.923. The molecule has 0 saturated carbocycles. The smallest absolute Gasteiger partial charge is 0.226 e. The minimum absolute atomic E-state index is 0.0454. The van der Waals surface area contributed by atoms with Gasteiger partial charge in [0.15, 0.2) is 9.84 Å². The van der Waals surface area contributed by atoms with E-state index in [-0.39, 0.29) is 23.3 Å². The van der Waals surface area contributed by atoms with Gasteiger partial charge in [0.2, 0.25) is 5.91 Å². The second-order valence-corrected chi connectivity index (χ2v) is 7.91. The Kier molecular flexibility index (Phi) is 4.84. The van der Waals surface area contributed by atoms with Crippen molar-refractivity contribution in [1.82, 2.24) is 10.2 Å². The van der Waals surface area contributed by atoms with E-state index in [1.807, 2.05) is 4.90 Å². The third-order valence-electron chi connectivity index (χ3n) is 4.00. The first-order chi connectivity index (χ1) is 9.02. The van der Waals surface area contributed by atoms with Crippen LogP contribution in [0.15, 0.2) is 0 Å². The zero-order chi connectivity index (χ0) is 13.9. The first kappa shape index (κ1) is 14.8. The van der Waals surface area contributed by atoms with Crippen LogP contribution >= 0.6 is 0 Å². The molecule has 0 spiro atoms. The van der Waals surface area contributed by atoms with Gasteiger partial charge in [-0.2, -0.15) is 0 Å². The summed E-state index contributed by atoms with van der Waals surface area (Å²) in [7, 11) is -2.97.